The smallest absolute Gasteiger partial charge is 0.241 e. The lowest BCUT2D eigenvalue weighted by Crippen LogP contribution is -2.40. The Morgan fingerprint density at radius 1 is 1.11 bits per heavy atom. The second kappa shape index (κ2) is 9.04. The molecule has 4 nitrogen and oxygen atoms in total. The first kappa shape index (κ1) is 19.4. The van der Waals surface area contributed by atoms with Crippen molar-refractivity contribution in [3.8, 4) is 5.75 Å². The number of carbonyl (C=O) groups is 1. The standard InChI is InChI=1S/C21H21ClN2O2S/c1-14(21(25)24-17-13-16(22)10-11-18(17)26-2)23-20(19-9-6-12-27-19)15-7-4-3-5-8-15/h3-14,20,23H,1-2H3,(H,24,25)/t14-,20-/m1/s1. The number of anilines is 1. The van der Waals surface area contributed by atoms with E-state index >= 15 is 0 Å². The van der Waals surface area contributed by atoms with Gasteiger partial charge in [0.1, 0.15) is 5.75 Å². The van der Waals surface area contributed by atoms with Crippen molar-refractivity contribution in [2.24, 2.45) is 0 Å². The molecule has 1 aromatic heterocycles. The number of halogens is 1. The summed E-state index contributed by atoms with van der Waals surface area (Å²) in [6.07, 6.45) is 0. The van der Waals surface area contributed by atoms with Crippen LogP contribution in [0.2, 0.25) is 5.02 Å². The van der Waals surface area contributed by atoms with Gasteiger partial charge in [0, 0.05) is 9.90 Å². The molecule has 1 heterocycles. The molecule has 0 aliphatic carbocycles. The summed E-state index contributed by atoms with van der Waals surface area (Å²) in [5.74, 6) is 0.408. The Morgan fingerprint density at radius 2 is 1.89 bits per heavy atom. The fourth-order valence-electron chi connectivity index (χ4n) is 2.79. The van der Waals surface area contributed by atoms with Crippen molar-refractivity contribution in [2.75, 3.05) is 12.4 Å². The molecule has 0 aliphatic heterocycles. The molecule has 140 valence electrons. The summed E-state index contributed by atoms with van der Waals surface area (Å²) >= 11 is 7.71. The number of methoxy groups -OCH3 is 1. The van der Waals surface area contributed by atoms with Crippen molar-refractivity contribution in [2.45, 2.75) is 19.0 Å². The van der Waals surface area contributed by atoms with Gasteiger partial charge in [0.15, 0.2) is 0 Å². The van der Waals surface area contributed by atoms with Gasteiger partial charge in [-0.25, -0.2) is 0 Å². The summed E-state index contributed by atoms with van der Waals surface area (Å²) in [7, 11) is 1.56. The Balaban J connectivity index is 1.77. The second-order valence-corrected chi connectivity index (χ2v) is 7.50. The van der Waals surface area contributed by atoms with Gasteiger partial charge in [0.05, 0.1) is 24.9 Å². The summed E-state index contributed by atoms with van der Waals surface area (Å²) in [4.78, 5) is 13.9. The number of rotatable bonds is 7. The van der Waals surface area contributed by atoms with Crippen molar-refractivity contribution in [3.63, 3.8) is 0 Å². The zero-order valence-corrected chi connectivity index (χ0v) is 16.7. The molecule has 0 spiro atoms. The van der Waals surface area contributed by atoms with Crippen LogP contribution < -0.4 is 15.4 Å². The molecule has 2 atom stereocenters. The first-order valence-electron chi connectivity index (χ1n) is 8.57. The Labute approximate surface area is 168 Å². The number of hydrogen-bond donors (Lipinski definition) is 2. The monoisotopic (exact) mass is 400 g/mol. The fourth-order valence-corrected chi connectivity index (χ4v) is 3.77. The molecule has 0 unspecified atom stereocenters. The van der Waals surface area contributed by atoms with E-state index in [1.54, 1.807) is 36.6 Å². The Morgan fingerprint density at radius 3 is 2.56 bits per heavy atom. The molecular weight excluding hydrogens is 380 g/mol. The minimum atomic E-state index is -0.430. The number of benzene rings is 2. The van der Waals surface area contributed by atoms with Crippen LogP contribution in [0.25, 0.3) is 0 Å². The van der Waals surface area contributed by atoms with Gasteiger partial charge in [-0.15, -0.1) is 11.3 Å². The highest BCUT2D eigenvalue weighted by molar-refractivity contribution is 7.10. The number of hydrogen-bond acceptors (Lipinski definition) is 4. The zero-order chi connectivity index (χ0) is 19.2. The summed E-state index contributed by atoms with van der Waals surface area (Å²) in [6.45, 7) is 1.84. The molecule has 0 radical (unpaired) electrons. The van der Waals surface area contributed by atoms with Crippen LogP contribution in [0, 0.1) is 0 Å². The fraction of sp³-hybridized carbons (Fsp3) is 0.190. The summed E-state index contributed by atoms with van der Waals surface area (Å²) in [5, 5.41) is 8.90. The van der Waals surface area contributed by atoms with Crippen molar-refractivity contribution < 1.29 is 9.53 Å². The molecule has 2 N–H and O–H groups in total. The molecule has 6 heteroatoms. The van der Waals surface area contributed by atoms with E-state index in [0.717, 1.165) is 10.4 Å². The van der Waals surface area contributed by atoms with Gasteiger partial charge in [-0.05, 0) is 42.1 Å². The SMILES string of the molecule is COc1ccc(Cl)cc1NC(=O)[C@@H](C)N[C@H](c1ccccc1)c1cccs1. The minimum absolute atomic E-state index is 0.0618. The van der Waals surface area contributed by atoms with Crippen LogP contribution in [0.3, 0.4) is 0 Å². The van der Waals surface area contributed by atoms with Crippen LogP contribution in [-0.2, 0) is 4.79 Å². The average molecular weight is 401 g/mol. The molecule has 27 heavy (non-hydrogen) atoms. The highest BCUT2D eigenvalue weighted by Gasteiger charge is 2.22. The molecule has 1 amide bonds. The van der Waals surface area contributed by atoms with Crippen LogP contribution in [0.15, 0.2) is 66.0 Å². The van der Waals surface area contributed by atoms with E-state index in [2.05, 4.69) is 28.8 Å². The normalized spacial score (nSPS) is 13.0. The van der Waals surface area contributed by atoms with Gasteiger partial charge in [-0.1, -0.05) is 48.0 Å². The van der Waals surface area contributed by atoms with Crippen LogP contribution in [0.1, 0.15) is 23.4 Å². The van der Waals surface area contributed by atoms with Crippen LogP contribution in [0.4, 0.5) is 5.69 Å². The highest BCUT2D eigenvalue weighted by Crippen LogP contribution is 2.29. The van der Waals surface area contributed by atoms with Gasteiger partial charge < -0.3 is 10.1 Å². The molecular formula is C21H21ClN2O2S. The number of amides is 1. The Kier molecular flexibility index (Phi) is 6.50. The third kappa shape index (κ3) is 4.89. The van der Waals surface area contributed by atoms with E-state index < -0.39 is 6.04 Å². The van der Waals surface area contributed by atoms with Crippen molar-refractivity contribution in [3.05, 3.63) is 81.5 Å². The molecule has 0 bridgehead atoms. The molecule has 0 saturated heterocycles. The van der Waals surface area contributed by atoms with Crippen LogP contribution in [0.5, 0.6) is 5.75 Å². The van der Waals surface area contributed by atoms with E-state index in [1.807, 2.05) is 36.6 Å². The average Bonchev–Trinajstić information content (AvgIpc) is 3.21. The quantitative estimate of drug-likeness (QED) is 0.579. The summed E-state index contributed by atoms with van der Waals surface area (Å²) in [5.41, 5.74) is 1.66. The predicted octanol–water partition coefficient (Wildman–Crippen LogP) is 5.12. The lowest BCUT2D eigenvalue weighted by molar-refractivity contribution is -0.117. The molecule has 0 fully saturated rings. The molecule has 0 saturated carbocycles. The maximum atomic E-state index is 12.8. The lowest BCUT2D eigenvalue weighted by Gasteiger charge is -2.23. The van der Waals surface area contributed by atoms with Crippen LogP contribution >= 0.6 is 22.9 Å². The topological polar surface area (TPSA) is 50.4 Å². The van der Waals surface area contributed by atoms with Gasteiger partial charge >= 0.3 is 0 Å². The maximum Gasteiger partial charge on any atom is 0.241 e. The van der Waals surface area contributed by atoms with Crippen molar-refractivity contribution in [1.29, 1.82) is 0 Å². The second-order valence-electron chi connectivity index (χ2n) is 6.08. The van der Waals surface area contributed by atoms with E-state index in [4.69, 9.17) is 16.3 Å². The third-order valence-corrected chi connectivity index (χ3v) is 5.36. The van der Waals surface area contributed by atoms with Gasteiger partial charge in [0.2, 0.25) is 5.91 Å². The first-order valence-corrected chi connectivity index (χ1v) is 9.83. The minimum Gasteiger partial charge on any atom is -0.495 e. The third-order valence-electron chi connectivity index (χ3n) is 4.19. The van der Waals surface area contributed by atoms with E-state index in [0.29, 0.717) is 16.5 Å². The number of thiophene rings is 1. The number of carbonyl (C=O) groups excluding carboxylic acids is 1. The Bertz CT molecular complexity index is 884. The molecule has 3 aromatic rings. The molecule has 2 aromatic carbocycles. The maximum absolute atomic E-state index is 12.8. The molecule has 3 rings (SSSR count). The van der Waals surface area contributed by atoms with E-state index in [9.17, 15) is 4.79 Å². The lowest BCUT2D eigenvalue weighted by atomic mass is 10.0. The van der Waals surface area contributed by atoms with Gasteiger partial charge in [-0.2, -0.15) is 0 Å². The first-order chi connectivity index (χ1) is 13.1. The van der Waals surface area contributed by atoms with E-state index in [1.165, 1.54) is 0 Å². The van der Waals surface area contributed by atoms with E-state index in [-0.39, 0.29) is 11.9 Å². The largest absolute Gasteiger partial charge is 0.495 e. The van der Waals surface area contributed by atoms with Gasteiger partial charge in [0.25, 0.3) is 0 Å². The molecule has 0 aliphatic rings. The highest BCUT2D eigenvalue weighted by atomic mass is 35.5. The predicted molar refractivity (Wildman–Crippen MR) is 112 cm³/mol. The Hall–Kier alpha value is -2.34. The van der Waals surface area contributed by atoms with Crippen molar-refractivity contribution in [1.82, 2.24) is 5.32 Å². The summed E-state index contributed by atoms with van der Waals surface area (Å²) in [6, 6.07) is 18.8. The number of ether oxygens (including phenoxy) is 1. The number of nitrogens with one attached hydrogen (secondary N) is 2. The van der Waals surface area contributed by atoms with Crippen molar-refractivity contribution >= 4 is 34.5 Å². The van der Waals surface area contributed by atoms with Gasteiger partial charge in [-0.3, -0.25) is 10.1 Å². The zero-order valence-electron chi connectivity index (χ0n) is 15.1. The van der Waals surface area contributed by atoms with Crippen LogP contribution in [-0.4, -0.2) is 19.1 Å². The summed E-state index contributed by atoms with van der Waals surface area (Å²) < 4.78 is 5.30.